The number of hydrogen-bond donors (Lipinski definition) is 0. The molecule has 0 saturated heterocycles. The highest BCUT2D eigenvalue weighted by Gasteiger charge is 2.43. The van der Waals surface area contributed by atoms with Crippen LogP contribution in [0.25, 0.3) is 0 Å². The standard InChI is InChI=1S/C9H10F2/c1-5-6-4-7(5)9(11)3-2-8(6)10/h2-3,5-7H,4H2,1H3/t5?,6-,7?/m0/s1. The minimum absolute atomic E-state index is 0.00972. The molecule has 0 aromatic rings. The van der Waals surface area contributed by atoms with Crippen molar-refractivity contribution in [2.24, 2.45) is 17.8 Å². The van der Waals surface area contributed by atoms with Gasteiger partial charge in [-0.15, -0.1) is 0 Å². The van der Waals surface area contributed by atoms with Gasteiger partial charge in [0.25, 0.3) is 0 Å². The van der Waals surface area contributed by atoms with Crippen LogP contribution in [-0.4, -0.2) is 0 Å². The molecule has 1 saturated carbocycles. The Morgan fingerprint density at radius 3 is 2.00 bits per heavy atom. The fraction of sp³-hybridized carbons (Fsp3) is 0.556. The summed E-state index contributed by atoms with van der Waals surface area (Å²) in [4.78, 5) is 0. The summed E-state index contributed by atoms with van der Waals surface area (Å²) >= 11 is 0. The quantitative estimate of drug-likeness (QED) is 0.505. The van der Waals surface area contributed by atoms with Gasteiger partial charge < -0.3 is 0 Å². The molecule has 3 atom stereocenters. The molecule has 0 amide bonds. The van der Waals surface area contributed by atoms with Crippen LogP contribution in [-0.2, 0) is 0 Å². The van der Waals surface area contributed by atoms with Gasteiger partial charge in [0.05, 0.1) is 0 Å². The van der Waals surface area contributed by atoms with Crippen LogP contribution in [0.15, 0.2) is 23.8 Å². The van der Waals surface area contributed by atoms with Gasteiger partial charge in [-0.3, -0.25) is 0 Å². The summed E-state index contributed by atoms with van der Waals surface area (Å²) in [5, 5.41) is 0. The zero-order valence-corrected chi connectivity index (χ0v) is 6.35. The van der Waals surface area contributed by atoms with Crippen molar-refractivity contribution < 1.29 is 8.78 Å². The lowest BCUT2D eigenvalue weighted by molar-refractivity contribution is 0.112. The first-order valence-electron chi connectivity index (χ1n) is 3.93. The van der Waals surface area contributed by atoms with Crippen molar-refractivity contribution in [1.29, 1.82) is 0 Å². The molecule has 1 fully saturated rings. The summed E-state index contributed by atoms with van der Waals surface area (Å²) in [5.41, 5.74) is 0. The van der Waals surface area contributed by atoms with Crippen LogP contribution in [0.2, 0.25) is 0 Å². The van der Waals surface area contributed by atoms with Gasteiger partial charge in [0, 0.05) is 11.8 Å². The number of hydrogen-bond acceptors (Lipinski definition) is 0. The minimum atomic E-state index is -0.151. The first-order valence-corrected chi connectivity index (χ1v) is 3.93. The van der Waals surface area contributed by atoms with E-state index >= 15 is 0 Å². The van der Waals surface area contributed by atoms with Gasteiger partial charge in [-0.05, 0) is 24.5 Å². The zero-order chi connectivity index (χ0) is 8.01. The second kappa shape index (κ2) is 2.16. The van der Waals surface area contributed by atoms with E-state index in [0.717, 1.165) is 0 Å². The van der Waals surface area contributed by atoms with Crippen molar-refractivity contribution in [2.45, 2.75) is 13.3 Å². The average Bonchev–Trinajstić information content (AvgIpc) is 2.15. The highest BCUT2D eigenvalue weighted by molar-refractivity contribution is 5.25. The number of fused-ring (bicyclic) bond motifs is 1. The maximum absolute atomic E-state index is 12.9. The van der Waals surface area contributed by atoms with Crippen LogP contribution in [0.5, 0.6) is 0 Å². The third-order valence-electron chi connectivity index (χ3n) is 2.89. The molecule has 2 bridgehead atoms. The molecular formula is C9H10F2. The van der Waals surface area contributed by atoms with E-state index in [4.69, 9.17) is 0 Å². The van der Waals surface area contributed by atoms with E-state index < -0.39 is 0 Å². The van der Waals surface area contributed by atoms with Crippen molar-refractivity contribution in [3.63, 3.8) is 0 Å². The lowest BCUT2D eigenvalue weighted by atomic mass is 9.65. The summed E-state index contributed by atoms with van der Waals surface area (Å²) < 4.78 is 25.9. The topological polar surface area (TPSA) is 0 Å². The number of rotatable bonds is 0. The molecule has 2 heteroatoms. The minimum Gasteiger partial charge on any atom is -0.212 e. The Kier molecular flexibility index (Phi) is 1.38. The molecule has 0 N–H and O–H groups in total. The lowest BCUT2D eigenvalue weighted by Gasteiger charge is -2.39. The van der Waals surface area contributed by atoms with Crippen LogP contribution >= 0.6 is 0 Å². The molecule has 3 rings (SSSR count). The molecule has 0 radical (unpaired) electrons. The summed E-state index contributed by atoms with van der Waals surface area (Å²) in [6.07, 6.45) is 3.19. The molecule has 3 aliphatic carbocycles. The van der Waals surface area contributed by atoms with Crippen LogP contribution in [0.4, 0.5) is 8.78 Å². The normalized spacial score (nSPS) is 41.9. The molecule has 0 spiro atoms. The molecule has 2 unspecified atom stereocenters. The van der Waals surface area contributed by atoms with Gasteiger partial charge in [-0.2, -0.15) is 0 Å². The monoisotopic (exact) mass is 156 g/mol. The maximum Gasteiger partial charge on any atom is 0.103 e. The van der Waals surface area contributed by atoms with Gasteiger partial charge >= 0.3 is 0 Å². The van der Waals surface area contributed by atoms with Gasteiger partial charge in [0.15, 0.2) is 0 Å². The van der Waals surface area contributed by atoms with Crippen molar-refractivity contribution >= 4 is 0 Å². The summed E-state index contributed by atoms with van der Waals surface area (Å²) in [6, 6.07) is 0. The second-order valence-electron chi connectivity index (χ2n) is 3.41. The average molecular weight is 156 g/mol. The van der Waals surface area contributed by atoms with E-state index in [2.05, 4.69) is 0 Å². The third kappa shape index (κ3) is 0.849. The predicted molar refractivity (Wildman–Crippen MR) is 39.1 cm³/mol. The maximum atomic E-state index is 12.9. The van der Waals surface area contributed by atoms with Crippen LogP contribution in [0, 0.1) is 17.8 Å². The molecule has 0 heterocycles. The highest BCUT2D eigenvalue weighted by atomic mass is 19.1. The van der Waals surface area contributed by atoms with E-state index in [1.165, 1.54) is 12.2 Å². The first-order chi connectivity index (χ1) is 5.20. The third-order valence-corrected chi connectivity index (χ3v) is 2.89. The van der Waals surface area contributed by atoms with Crippen LogP contribution in [0.1, 0.15) is 13.3 Å². The number of halogens is 2. The first kappa shape index (κ1) is 7.01. The Morgan fingerprint density at radius 1 is 1.18 bits per heavy atom. The Labute approximate surface area is 64.6 Å². The second-order valence-corrected chi connectivity index (χ2v) is 3.41. The fourth-order valence-corrected chi connectivity index (χ4v) is 1.92. The predicted octanol–water partition coefficient (Wildman–Crippen LogP) is 2.98. The van der Waals surface area contributed by atoms with E-state index in [9.17, 15) is 8.78 Å². The van der Waals surface area contributed by atoms with Gasteiger partial charge in [0.1, 0.15) is 11.7 Å². The highest BCUT2D eigenvalue weighted by Crippen LogP contribution is 2.50. The molecule has 3 aliphatic rings. The molecule has 60 valence electrons. The molecule has 0 aromatic carbocycles. The molecule has 0 aromatic heterocycles. The SMILES string of the molecule is CC1C2C[C@@H]1C(F)=CC=C2F. The van der Waals surface area contributed by atoms with Crippen molar-refractivity contribution in [3.05, 3.63) is 23.8 Å². The molecule has 11 heavy (non-hydrogen) atoms. The van der Waals surface area contributed by atoms with E-state index in [-0.39, 0.29) is 29.4 Å². The largest absolute Gasteiger partial charge is 0.212 e. The molecule has 0 nitrogen and oxygen atoms in total. The zero-order valence-electron chi connectivity index (χ0n) is 6.35. The molecule has 0 aliphatic heterocycles. The van der Waals surface area contributed by atoms with Gasteiger partial charge in [0.2, 0.25) is 0 Å². The van der Waals surface area contributed by atoms with E-state index in [1.807, 2.05) is 6.92 Å². The van der Waals surface area contributed by atoms with E-state index in [1.54, 1.807) is 0 Å². The Morgan fingerprint density at radius 2 is 1.64 bits per heavy atom. The summed E-state index contributed by atoms with van der Waals surface area (Å²) in [5.74, 6) is -0.165. The smallest absolute Gasteiger partial charge is 0.103 e. The molecular weight excluding hydrogens is 146 g/mol. The fourth-order valence-electron chi connectivity index (χ4n) is 1.92. The van der Waals surface area contributed by atoms with Crippen molar-refractivity contribution in [1.82, 2.24) is 0 Å². The Bertz CT molecular complexity index is 216. The lowest BCUT2D eigenvalue weighted by Crippen LogP contribution is -2.34. The van der Waals surface area contributed by atoms with Crippen LogP contribution in [0.3, 0.4) is 0 Å². The Hall–Kier alpha value is -0.660. The summed E-state index contributed by atoms with van der Waals surface area (Å²) in [7, 11) is 0. The number of allylic oxidation sites excluding steroid dienone is 4. The summed E-state index contributed by atoms with van der Waals surface area (Å²) in [6.45, 7) is 1.91. The van der Waals surface area contributed by atoms with Crippen molar-refractivity contribution in [2.75, 3.05) is 0 Å². The van der Waals surface area contributed by atoms with Gasteiger partial charge in [-0.25, -0.2) is 8.78 Å². The van der Waals surface area contributed by atoms with Crippen molar-refractivity contribution in [3.8, 4) is 0 Å². The van der Waals surface area contributed by atoms with Gasteiger partial charge in [-0.1, -0.05) is 6.92 Å². The Balaban J connectivity index is 2.33. The van der Waals surface area contributed by atoms with E-state index in [0.29, 0.717) is 6.42 Å². The van der Waals surface area contributed by atoms with Crippen LogP contribution < -0.4 is 0 Å².